The molecule has 2 aliphatic rings. The molecule has 2 unspecified atom stereocenters. The van der Waals surface area contributed by atoms with E-state index in [1.54, 1.807) is 0 Å². The summed E-state index contributed by atoms with van der Waals surface area (Å²) >= 11 is 0. The predicted molar refractivity (Wildman–Crippen MR) is 76.2 cm³/mol. The summed E-state index contributed by atoms with van der Waals surface area (Å²) in [6.45, 7) is 5.04. The highest BCUT2D eigenvalue weighted by Crippen LogP contribution is 2.31. The van der Waals surface area contributed by atoms with Crippen molar-refractivity contribution in [2.75, 3.05) is 46.5 Å². The predicted octanol–water partition coefficient (Wildman–Crippen LogP) is -0.735. The van der Waals surface area contributed by atoms with Gasteiger partial charge in [-0.05, 0) is 39.9 Å². The van der Waals surface area contributed by atoms with Gasteiger partial charge in [0.05, 0.1) is 25.2 Å². The molecule has 0 aromatic carbocycles. The molecule has 0 aromatic heterocycles. The zero-order valence-corrected chi connectivity index (χ0v) is 12.5. The highest BCUT2D eigenvalue weighted by Gasteiger charge is 2.47. The number of piperidine rings is 1. The lowest BCUT2D eigenvalue weighted by Crippen LogP contribution is -2.56. The van der Waals surface area contributed by atoms with Gasteiger partial charge in [0.25, 0.3) is 0 Å². The van der Waals surface area contributed by atoms with Gasteiger partial charge in [-0.25, -0.2) is 0 Å². The van der Waals surface area contributed by atoms with Crippen LogP contribution in [0.2, 0.25) is 0 Å². The Balaban J connectivity index is 2.09. The third-order valence-electron chi connectivity index (χ3n) is 4.74. The zero-order chi connectivity index (χ0) is 14.8. The number of hydrogen-bond donors (Lipinski definition) is 2. The van der Waals surface area contributed by atoms with Crippen molar-refractivity contribution >= 4 is 5.91 Å². The van der Waals surface area contributed by atoms with Crippen molar-refractivity contribution in [2.45, 2.75) is 31.8 Å². The van der Waals surface area contributed by atoms with Crippen LogP contribution in [0.4, 0.5) is 0 Å². The maximum absolute atomic E-state index is 12.9. The van der Waals surface area contributed by atoms with Crippen LogP contribution in [0.3, 0.4) is 0 Å². The van der Waals surface area contributed by atoms with Crippen LogP contribution in [-0.2, 0) is 9.53 Å². The topological polar surface area (TPSA) is 79.0 Å². The largest absolute Gasteiger partial charge is 0.395 e. The summed E-state index contributed by atoms with van der Waals surface area (Å²) in [6.07, 6.45) is 1.91. The number of likely N-dealkylation sites (tertiary alicyclic amines) is 1. The lowest BCUT2D eigenvalue weighted by atomic mass is 9.83. The molecule has 2 saturated heterocycles. The fraction of sp³-hybridized carbons (Fsp3) is 0.929. The average molecular weight is 285 g/mol. The lowest BCUT2D eigenvalue weighted by Gasteiger charge is -2.41. The van der Waals surface area contributed by atoms with E-state index in [9.17, 15) is 9.90 Å². The number of carbonyl (C=O) groups excluding carboxylic acids is 1. The van der Waals surface area contributed by atoms with E-state index in [1.165, 1.54) is 0 Å². The quantitative estimate of drug-likeness (QED) is 0.712. The maximum atomic E-state index is 12.9. The highest BCUT2D eigenvalue weighted by atomic mass is 16.5. The van der Waals surface area contributed by atoms with Crippen molar-refractivity contribution in [3.05, 3.63) is 0 Å². The van der Waals surface area contributed by atoms with Crippen molar-refractivity contribution < 1.29 is 14.6 Å². The number of nitrogens with two attached hydrogens (primary N) is 1. The molecule has 0 radical (unpaired) electrons. The van der Waals surface area contributed by atoms with Crippen LogP contribution in [0.1, 0.15) is 19.8 Å². The van der Waals surface area contributed by atoms with E-state index in [0.717, 1.165) is 25.9 Å². The summed E-state index contributed by atoms with van der Waals surface area (Å²) in [5.74, 6) is 0.0334. The lowest BCUT2D eigenvalue weighted by molar-refractivity contribution is -0.145. The minimum Gasteiger partial charge on any atom is -0.395 e. The van der Waals surface area contributed by atoms with Gasteiger partial charge in [-0.1, -0.05) is 0 Å². The summed E-state index contributed by atoms with van der Waals surface area (Å²) in [4.78, 5) is 17.0. The normalized spacial score (nSPS) is 32.5. The minimum absolute atomic E-state index is 0.00967. The number of nitrogens with zero attached hydrogens (tertiary/aromatic N) is 2. The van der Waals surface area contributed by atoms with E-state index >= 15 is 0 Å². The van der Waals surface area contributed by atoms with Crippen molar-refractivity contribution in [2.24, 2.45) is 11.1 Å². The van der Waals surface area contributed by atoms with Gasteiger partial charge in [-0.15, -0.1) is 0 Å². The third-order valence-corrected chi connectivity index (χ3v) is 4.74. The first kappa shape index (κ1) is 15.7. The maximum Gasteiger partial charge on any atom is 0.232 e. The van der Waals surface area contributed by atoms with Gasteiger partial charge in [0, 0.05) is 18.6 Å². The van der Waals surface area contributed by atoms with Gasteiger partial charge in [-0.3, -0.25) is 4.79 Å². The Labute approximate surface area is 120 Å². The Kier molecular flexibility index (Phi) is 5.01. The molecule has 0 aliphatic carbocycles. The molecular formula is C14H27N3O3. The zero-order valence-electron chi connectivity index (χ0n) is 12.5. The van der Waals surface area contributed by atoms with Crippen molar-refractivity contribution in [3.63, 3.8) is 0 Å². The summed E-state index contributed by atoms with van der Waals surface area (Å²) in [6, 6.07) is -0.0575. The molecule has 6 heteroatoms. The standard InChI is InChI=1S/C14H27N3O3/c1-14(10-20-9-12(14)15)13(19)17(7-8-18)11-3-5-16(2)6-4-11/h11-12,18H,3-10,15H2,1-2H3. The van der Waals surface area contributed by atoms with E-state index in [2.05, 4.69) is 11.9 Å². The first-order valence-corrected chi connectivity index (χ1v) is 7.43. The Hall–Kier alpha value is -0.690. The molecule has 0 bridgehead atoms. The van der Waals surface area contributed by atoms with E-state index < -0.39 is 5.41 Å². The van der Waals surface area contributed by atoms with Crippen LogP contribution in [0.15, 0.2) is 0 Å². The van der Waals surface area contributed by atoms with E-state index in [0.29, 0.717) is 19.8 Å². The second kappa shape index (κ2) is 6.39. The second-order valence-electron chi connectivity index (χ2n) is 6.30. The molecule has 1 amide bonds. The Bertz CT molecular complexity index is 345. The van der Waals surface area contributed by atoms with E-state index in [4.69, 9.17) is 10.5 Å². The third kappa shape index (κ3) is 2.98. The number of aliphatic hydroxyl groups excluding tert-OH is 1. The van der Waals surface area contributed by atoms with Crippen molar-refractivity contribution in [3.8, 4) is 0 Å². The average Bonchev–Trinajstić information content (AvgIpc) is 2.78. The minimum atomic E-state index is -0.654. The first-order chi connectivity index (χ1) is 9.49. The fourth-order valence-electron chi connectivity index (χ4n) is 3.10. The molecule has 0 spiro atoms. The summed E-state index contributed by atoms with van der Waals surface area (Å²) < 4.78 is 5.38. The molecule has 0 saturated carbocycles. The number of amides is 1. The second-order valence-corrected chi connectivity index (χ2v) is 6.30. The van der Waals surface area contributed by atoms with Gasteiger partial charge in [0.1, 0.15) is 0 Å². The number of rotatable bonds is 4. The Morgan fingerprint density at radius 2 is 2.15 bits per heavy atom. The molecule has 2 aliphatic heterocycles. The van der Waals surface area contributed by atoms with Gasteiger partial charge < -0.3 is 25.4 Å². The number of aliphatic hydroxyl groups is 1. The van der Waals surface area contributed by atoms with Crippen LogP contribution in [-0.4, -0.2) is 79.4 Å². The number of hydrogen-bond acceptors (Lipinski definition) is 5. The molecule has 2 heterocycles. The van der Waals surface area contributed by atoms with Crippen LogP contribution in [0.25, 0.3) is 0 Å². The summed E-state index contributed by atoms with van der Waals surface area (Å²) in [5, 5.41) is 9.29. The molecule has 3 N–H and O–H groups in total. The fourth-order valence-corrected chi connectivity index (χ4v) is 3.10. The highest BCUT2D eigenvalue weighted by molar-refractivity contribution is 5.84. The van der Waals surface area contributed by atoms with Crippen LogP contribution < -0.4 is 5.73 Å². The molecule has 20 heavy (non-hydrogen) atoms. The molecule has 2 fully saturated rings. The molecule has 2 rings (SSSR count). The molecule has 2 atom stereocenters. The number of carbonyl (C=O) groups is 1. The van der Waals surface area contributed by atoms with Crippen molar-refractivity contribution in [1.29, 1.82) is 0 Å². The smallest absolute Gasteiger partial charge is 0.232 e. The van der Waals surface area contributed by atoms with Crippen LogP contribution >= 0.6 is 0 Å². The van der Waals surface area contributed by atoms with Gasteiger partial charge in [0.15, 0.2) is 0 Å². The molecule has 116 valence electrons. The first-order valence-electron chi connectivity index (χ1n) is 7.43. The summed E-state index contributed by atoms with van der Waals surface area (Å²) in [7, 11) is 2.09. The van der Waals surface area contributed by atoms with Gasteiger partial charge in [0.2, 0.25) is 5.91 Å². The molecule has 0 aromatic rings. The van der Waals surface area contributed by atoms with E-state index in [1.807, 2.05) is 11.8 Å². The van der Waals surface area contributed by atoms with Crippen LogP contribution in [0.5, 0.6) is 0 Å². The SMILES string of the molecule is CN1CCC(N(CCO)C(=O)C2(C)COCC2N)CC1. The van der Waals surface area contributed by atoms with Crippen LogP contribution in [0, 0.1) is 5.41 Å². The van der Waals surface area contributed by atoms with Crippen molar-refractivity contribution in [1.82, 2.24) is 9.80 Å². The molecule has 6 nitrogen and oxygen atoms in total. The number of ether oxygens (including phenoxy) is 1. The monoisotopic (exact) mass is 285 g/mol. The Morgan fingerprint density at radius 1 is 1.50 bits per heavy atom. The van der Waals surface area contributed by atoms with E-state index in [-0.39, 0.29) is 24.6 Å². The Morgan fingerprint density at radius 3 is 2.65 bits per heavy atom. The summed E-state index contributed by atoms with van der Waals surface area (Å²) in [5.41, 5.74) is 5.40. The molecular weight excluding hydrogens is 258 g/mol. The van der Waals surface area contributed by atoms with Gasteiger partial charge >= 0.3 is 0 Å². The van der Waals surface area contributed by atoms with Gasteiger partial charge in [-0.2, -0.15) is 0 Å².